The zero-order chi connectivity index (χ0) is 13.0. The molecule has 0 radical (unpaired) electrons. The molecule has 1 atom stereocenters. The molecule has 0 aliphatic rings. The lowest BCUT2D eigenvalue weighted by molar-refractivity contribution is 0.0919. The van der Waals surface area contributed by atoms with E-state index in [1.54, 1.807) is 12.3 Å². The molecule has 0 saturated carbocycles. The Morgan fingerprint density at radius 3 is 3.11 bits per heavy atom. The second-order valence-corrected chi connectivity index (χ2v) is 6.09. The zero-order valence-electron chi connectivity index (χ0n) is 9.71. The summed E-state index contributed by atoms with van der Waals surface area (Å²) in [5, 5.41) is 8.39. The minimum absolute atomic E-state index is 0.167. The summed E-state index contributed by atoms with van der Waals surface area (Å²) in [5.41, 5.74) is 0.647. The lowest BCUT2D eigenvalue weighted by Crippen LogP contribution is -2.27. The van der Waals surface area contributed by atoms with Gasteiger partial charge in [0.15, 0.2) is 0 Å². The zero-order valence-corrected chi connectivity index (χ0v) is 11.3. The summed E-state index contributed by atoms with van der Waals surface area (Å²) in [6.07, 6.45) is 1.59. The highest BCUT2D eigenvalue weighted by Gasteiger charge is 2.13. The van der Waals surface area contributed by atoms with Gasteiger partial charge in [0.05, 0.1) is 4.88 Å². The van der Waals surface area contributed by atoms with E-state index in [1.165, 1.54) is 11.3 Å². The van der Waals surface area contributed by atoms with Crippen molar-refractivity contribution in [3.05, 3.63) is 29.3 Å². The minimum Gasteiger partial charge on any atom is -0.350 e. The molecule has 1 unspecified atom stereocenters. The van der Waals surface area contributed by atoms with Crippen LogP contribution in [-0.2, 0) is 10.8 Å². The normalized spacial score (nSPS) is 12.3. The van der Waals surface area contributed by atoms with Crippen LogP contribution in [0.4, 0.5) is 0 Å². The second kappa shape index (κ2) is 5.92. The van der Waals surface area contributed by atoms with Gasteiger partial charge in [-0.1, -0.05) is 11.2 Å². The second-order valence-electron chi connectivity index (χ2n) is 3.59. The van der Waals surface area contributed by atoms with Crippen LogP contribution in [0.25, 0.3) is 10.6 Å². The summed E-state index contributed by atoms with van der Waals surface area (Å²) < 4.78 is 15.8. The Bertz CT molecular complexity index is 548. The van der Waals surface area contributed by atoms with E-state index < -0.39 is 10.8 Å². The third-order valence-corrected chi connectivity index (χ3v) is 3.85. The molecule has 0 fully saturated rings. The van der Waals surface area contributed by atoms with Crippen molar-refractivity contribution >= 4 is 28.0 Å². The van der Waals surface area contributed by atoms with Crippen LogP contribution in [0.1, 0.15) is 10.6 Å². The summed E-state index contributed by atoms with van der Waals surface area (Å²) in [4.78, 5) is 12.6. The van der Waals surface area contributed by atoms with Crippen LogP contribution in [0.15, 0.2) is 28.1 Å². The predicted octanol–water partition coefficient (Wildman–Crippen LogP) is 1.51. The van der Waals surface area contributed by atoms with Crippen LogP contribution in [-0.4, -0.2) is 33.8 Å². The van der Waals surface area contributed by atoms with Gasteiger partial charge in [0.1, 0.15) is 5.69 Å². The molecule has 1 N–H and O–H groups in total. The molecular weight excluding hydrogens is 272 g/mol. The summed E-state index contributed by atoms with van der Waals surface area (Å²) in [5.74, 6) is 0.258. The summed E-state index contributed by atoms with van der Waals surface area (Å²) in [7, 11) is -0.917. The van der Waals surface area contributed by atoms with Gasteiger partial charge in [0.25, 0.3) is 5.91 Å². The van der Waals surface area contributed by atoms with Crippen molar-refractivity contribution in [1.29, 1.82) is 0 Å². The molecule has 18 heavy (non-hydrogen) atoms. The Kier molecular flexibility index (Phi) is 4.27. The lowest BCUT2D eigenvalue weighted by Gasteiger charge is -1.99. The first-order valence-electron chi connectivity index (χ1n) is 5.25. The highest BCUT2D eigenvalue weighted by molar-refractivity contribution is 7.84. The van der Waals surface area contributed by atoms with Crippen LogP contribution < -0.4 is 5.32 Å². The first-order valence-corrected chi connectivity index (χ1v) is 7.86. The van der Waals surface area contributed by atoms with Gasteiger partial charge in [-0.05, 0) is 11.4 Å². The van der Waals surface area contributed by atoms with Crippen molar-refractivity contribution in [2.45, 2.75) is 0 Å². The van der Waals surface area contributed by atoms with E-state index in [0.717, 1.165) is 4.88 Å². The van der Waals surface area contributed by atoms with E-state index in [0.29, 0.717) is 18.0 Å². The maximum absolute atomic E-state index is 11.7. The first kappa shape index (κ1) is 13.0. The highest BCUT2D eigenvalue weighted by Crippen LogP contribution is 2.23. The van der Waals surface area contributed by atoms with E-state index in [-0.39, 0.29) is 11.7 Å². The molecule has 2 rings (SSSR count). The molecule has 0 saturated heterocycles. The molecule has 0 aliphatic heterocycles. The predicted molar refractivity (Wildman–Crippen MR) is 71.1 cm³/mol. The fourth-order valence-electron chi connectivity index (χ4n) is 1.32. The SMILES string of the molecule is CS(=O)CCNC(=O)c1cc(-c2cccs2)no1. The summed E-state index contributed by atoms with van der Waals surface area (Å²) in [6, 6.07) is 5.42. The van der Waals surface area contributed by atoms with Gasteiger partial charge in [-0.25, -0.2) is 0 Å². The Labute approximate surface area is 111 Å². The number of thiophene rings is 1. The Morgan fingerprint density at radius 1 is 1.61 bits per heavy atom. The van der Waals surface area contributed by atoms with E-state index in [1.807, 2.05) is 17.5 Å². The van der Waals surface area contributed by atoms with Crippen LogP contribution in [0.3, 0.4) is 0 Å². The first-order chi connectivity index (χ1) is 8.66. The molecule has 2 heterocycles. The van der Waals surface area contributed by atoms with Crippen LogP contribution in [0.2, 0.25) is 0 Å². The Morgan fingerprint density at radius 2 is 2.44 bits per heavy atom. The maximum atomic E-state index is 11.7. The molecule has 0 aromatic carbocycles. The quantitative estimate of drug-likeness (QED) is 0.903. The van der Waals surface area contributed by atoms with Gasteiger partial charge in [0.2, 0.25) is 5.76 Å². The molecule has 7 heteroatoms. The third kappa shape index (κ3) is 3.27. The minimum atomic E-state index is -0.917. The largest absolute Gasteiger partial charge is 0.350 e. The topological polar surface area (TPSA) is 72.2 Å². The van der Waals surface area contributed by atoms with Gasteiger partial charge >= 0.3 is 0 Å². The lowest BCUT2D eigenvalue weighted by atomic mass is 10.3. The van der Waals surface area contributed by atoms with Crippen molar-refractivity contribution in [2.75, 3.05) is 18.6 Å². The number of amides is 1. The molecule has 2 aromatic heterocycles. The van der Waals surface area contributed by atoms with Crippen molar-refractivity contribution < 1.29 is 13.5 Å². The standard InChI is InChI=1S/C11H12N2O3S2/c1-18(15)6-4-12-11(14)9-7-8(13-16-9)10-3-2-5-17-10/h2-3,5,7H,4,6H2,1H3,(H,12,14). The molecule has 0 bridgehead atoms. The summed E-state index contributed by atoms with van der Waals surface area (Å²) >= 11 is 1.53. The average molecular weight is 284 g/mol. The van der Waals surface area contributed by atoms with Crippen molar-refractivity contribution in [3.63, 3.8) is 0 Å². The Balaban J connectivity index is 1.97. The molecule has 1 amide bonds. The maximum Gasteiger partial charge on any atom is 0.289 e. The smallest absolute Gasteiger partial charge is 0.289 e. The Hall–Kier alpha value is -1.47. The van der Waals surface area contributed by atoms with E-state index >= 15 is 0 Å². The molecule has 0 aliphatic carbocycles. The van der Waals surface area contributed by atoms with Gasteiger partial charge in [-0.15, -0.1) is 11.3 Å². The molecule has 2 aromatic rings. The highest BCUT2D eigenvalue weighted by atomic mass is 32.2. The van der Waals surface area contributed by atoms with Crippen LogP contribution >= 0.6 is 11.3 Å². The number of hydrogen-bond donors (Lipinski definition) is 1. The average Bonchev–Trinajstić information content (AvgIpc) is 2.99. The van der Waals surface area contributed by atoms with Gasteiger partial charge in [-0.2, -0.15) is 0 Å². The van der Waals surface area contributed by atoms with Gasteiger partial charge < -0.3 is 9.84 Å². The molecular formula is C11H12N2O3S2. The van der Waals surface area contributed by atoms with Crippen molar-refractivity contribution in [2.24, 2.45) is 0 Å². The third-order valence-electron chi connectivity index (χ3n) is 2.18. The fourth-order valence-corrected chi connectivity index (χ4v) is 2.39. The van der Waals surface area contributed by atoms with E-state index in [2.05, 4.69) is 10.5 Å². The van der Waals surface area contributed by atoms with E-state index in [9.17, 15) is 9.00 Å². The number of aromatic nitrogens is 1. The van der Waals surface area contributed by atoms with E-state index in [4.69, 9.17) is 4.52 Å². The van der Waals surface area contributed by atoms with Gasteiger partial charge in [0, 0.05) is 35.4 Å². The number of carbonyl (C=O) groups excluding carboxylic acids is 1. The van der Waals surface area contributed by atoms with Crippen LogP contribution in [0, 0.1) is 0 Å². The van der Waals surface area contributed by atoms with Crippen molar-refractivity contribution in [1.82, 2.24) is 10.5 Å². The number of carbonyl (C=O) groups is 1. The fraction of sp³-hybridized carbons (Fsp3) is 0.273. The molecule has 5 nitrogen and oxygen atoms in total. The number of rotatable bonds is 5. The van der Waals surface area contributed by atoms with Crippen molar-refractivity contribution in [3.8, 4) is 10.6 Å². The molecule has 96 valence electrons. The monoisotopic (exact) mass is 284 g/mol. The van der Waals surface area contributed by atoms with Crippen LogP contribution in [0.5, 0.6) is 0 Å². The number of hydrogen-bond acceptors (Lipinski definition) is 5. The number of nitrogens with zero attached hydrogens (tertiary/aromatic N) is 1. The van der Waals surface area contributed by atoms with Gasteiger partial charge in [-0.3, -0.25) is 9.00 Å². The summed E-state index contributed by atoms with van der Waals surface area (Å²) in [6.45, 7) is 0.358. The number of nitrogens with one attached hydrogen (secondary N) is 1. The molecule has 0 spiro atoms.